The first-order valence-corrected chi connectivity index (χ1v) is 10.9. The second kappa shape index (κ2) is 9.83. The third-order valence-corrected chi connectivity index (χ3v) is 5.64. The second-order valence-corrected chi connectivity index (χ2v) is 8.14. The van der Waals surface area contributed by atoms with Crippen molar-refractivity contribution in [2.24, 2.45) is 0 Å². The van der Waals surface area contributed by atoms with E-state index in [-0.39, 0.29) is 17.8 Å². The standard InChI is InChI=1S/C26H26FN3O3/c1-18(31)20-5-2-7-23(15-20)28-25(32)21-6-3-8-24(16-21)30-14-4-13-29(26(30)33)17-19-9-11-22(27)12-10-19/h2-3,5-12,15-16,18,31H,4,13-14,17H2,1H3,(H,28,32). The molecule has 1 fully saturated rings. The van der Waals surface area contributed by atoms with E-state index in [4.69, 9.17) is 0 Å². The van der Waals surface area contributed by atoms with E-state index in [0.717, 1.165) is 12.0 Å². The molecule has 3 aromatic rings. The van der Waals surface area contributed by atoms with Gasteiger partial charge >= 0.3 is 6.03 Å². The van der Waals surface area contributed by atoms with Crippen LogP contribution in [-0.4, -0.2) is 35.0 Å². The van der Waals surface area contributed by atoms with Gasteiger partial charge in [0.05, 0.1) is 6.10 Å². The summed E-state index contributed by atoms with van der Waals surface area (Å²) >= 11 is 0. The van der Waals surface area contributed by atoms with Crippen LogP contribution in [0.3, 0.4) is 0 Å². The molecule has 3 aromatic carbocycles. The molecule has 4 rings (SSSR count). The molecule has 2 N–H and O–H groups in total. The maximum absolute atomic E-state index is 13.2. The van der Waals surface area contributed by atoms with Gasteiger partial charge in [-0.25, -0.2) is 9.18 Å². The van der Waals surface area contributed by atoms with Crippen molar-refractivity contribution in [2.45, 2.75) is 26.0 Å². The quantitative estimate of drug-likeness (QED) is 0.561. The van der Waals surface area contributed by atoms with Crippen LogP contribution in [0, 0.1) is 5.82 Å². The molecular formula is C26H26FN3O3. The summed E-state index contributed by atoms with van der Waals surface area (Å²) in [6, 6.07) is 20.0. The van der Waals surface area contributed by atoms with Crippen LogP contribution in [0.15, 0.2) is 72.8 Å². The predicted octanol–water partition coefficient (Wildman–Crippen LogP) is 4.96. The van der Waals surface area contributed by atoms with Crippen molar-refractivity contribution < 1.29 is 19.1 Å². The first-order valence-electron chi connectivity index (χ1n) is 10.9. The summed E-state index contributed by atoms with van der Waals surface area (Å²) in [6.07, 6.45) is 0.156. The molecule has 0 aliphatic carbocycles. The van der Waals surface area contributed by atoms with Gasteiger partial charge in [0, 0.05) is 36.6 Å². The number of carbonyl (C=O) groups excluding carboxylic acids is 2. The van der Waals surface area contributed by atoms with E-state index in [1.165, 1.54) is 12.1 Å². The van der Waals surface area contributed by atoms with Crippen LogP contribution in [0.1, 0.15) is 40.9 Å². The number of carbonyl (C=O) groups is 2. The third kappa shape index (κ3) is 5.38. The molecule has 170 valence electrons. The molecule has 1 unspecified atom stereocenters. The Kier molecular flexibility index (Phi) is 6.70. The molecule has 0 spiro atoms. The number of amides is 3. The van der Waals surface area contributed by atoms with Crippen LogP contribution < -0.4 is 10.2 Å². The van der Waals surface area contributed by atoms with Gasteiger partial charge in [0.25, 0.3) is 5.91 Å². The molecule has 0 radical (unpaired) electrons. The van der Waals surface area contributed by atoms with Gasteiger partial charge in [-0.05, 0) is 66.9 Å². The molecule has 7 heteroatoms. The zero-order valence-corrected chi connectivity index (χ0v) is 18.4. The number of halogens is 1. The van der Waals surface area contributed by atoms with E-state index in [1.807, 2.05) is 6.07 Å². The maximum atomic E-state index is 13.2. The Balaban J connectivity index is 1.48. The SMILES string of the molecule is CC(O)c1cccc(NC(=O)c2cccc(N3CCCN(Cc4ccc(F)cc4)C3=O)c2)c1. The smallest absolute Gasteiger partial charge is 0.324 e. The second-order valence-electron chi connectivity index (χ2n) is 8.14. The average molecular weight is 448 g/mol. The Morgan fingerprint density at radius 1 is 1.06 bits per heavy atom. The van der Waals surface area contributed by atoms with Gasteiger partial charge in [-0.3, -0.25) is 9.69 Å². The van der Waals surface area contributed by atoms with Crippen LogP contribution in [-0.2, 0) is 6.54 Å². The highest BCUT2D eigenvalue weighted by molar-refractivity contribution is 6.05. The minimum absolute atomic E-state index is 0.146. The summed E-state index contributed by atoms with van der Waals surface area (Å²) in [4.78, 5) is 29.3. The highest BCUT2D eigenvalue weighted by Crippen LogP contribution is 2.24. The van der Waals surface area contributed by atoms with Crippen molar-refractivity contribution >= 4 is 23.3 Å². The Bertz CT molecular complexity index is 1150. The number of hydrogen-bond acceptors (Lipinski definition) is 3. The number of anilines is 2. The van der Waals surface area contributed by atoms with Crippen molar-refractivity contribution in [1.29, 1.82) is 0 Å². The molecule has 1 saturated heterocycles. The first kappa shape index (κ1) is 22.5. The molecule has 0 saturated carbocycles. The molecule has 1 aliphatic rings. The summed E-state index contributed by atoms with van der Waals surface area (Å²) in [7, 11) is 0. The monoisotopic (exact) mass is 447 g/mol. The lowest BCUT2D eigenvalue weighted by Gasteiger charge is -2.35. The number of aliphatic hydroxyl groups excluding tert-OH is 1. The molecule has 3 amide bonds. The van der Waals surface area contributed by atoms with Crippen LogP contribution in [0.2, 0.25) is 0 Å². The van der Waals surface area contributed by atoms with Gasteiger partial charge in [-0.1, -0.05) is 30.3 Å². The number of rotatable bonds is 6. The molecule has 1 heterocycles. The maximum Gasteiger partial charge on any atom is 0.324 e. The molecule has 33 heavy (non-hydrogen) atoms. The van der Waals surface area contributed by atoms with Gasteiger partial charge in [0.15, 0.2) is 0 Å². The summed E-state index contributed by atoms with van der Waals surface area (Å²) in [5, 5.41) is 12.6. The number of aliphatic hydroxyl groups is 1. The highest BCUT2D eigenvalue weighted by Gasteiger charge is 2.27. The zero-order valence-electron chi connectivity index (χ0n) is 18.4. The van der Waals surface area contributed by atoms with Crippen molar-refractivity contribution in [3.63, 3.8) is 0 Å². The number of hydrogen-bond donors (Lipinski definition) is 2. The van der Waals surface area contributed by atoms with Gasteiger partial charge in [-0.2, -0.15) is 0 Å². The van der Waals surface area contributed by atoms with Gasteiger partial charge in [-0.15, -0.1) is 0 Å². The van der Waals surface area contributed by atoms with E-state index in [2.05, 4.69) is 5.32 Å². The molecule has 0 bridgehead atoms. The fourth-order valence-electron chi connectivity index (χ4n) is 3.87. The Morgan fingerprint density at radius 2 is 1.82 bits per heavy atom. The van der Waals surface area contributed by atoms with E-state index in [0.29, 0.717) is 42.1 Å². The van der Waals surface area contributed by atoms with E-state index >= 15 is 0 Å². The predicted molar refractivity (Wildman–Crippen MR) is 126 cm³/mol. The fourth-order valence-corrected chi connectivity index (χ4v) is 3.87. The number of benzene rings is 3. The van der Waals surface area contributed by atoms with Crippen LogP contribution >= 0.6 is 0 Å². The van der Waals surface area contributed by atoms with E-state index in [1.54, 1.807) is 71.3 Å². The normalized spacial score (nSPS) is 14.8. The minimum atomic E-state index is -0.631. The zero-order chi connectivity index (χ0) is 23.4. The van der Waals surface area contributed by atoms with E-state index < -0.39 is 6.10 Å². The van der Waals surface area contributed by atoms with E-state index in [9.17, 15) is 19.1 Å². The summed E-state index contributed by atoms with van der Waals surface area (Å²) < 4.78 is 13.2. The van der Waals surface area contributed by atoms with Crippen molar-refractivity contribution in [3.05, 3.63) is 95.3 Å². The van der Waals surface area contributed by atoms with Crippen molar-refractivity contribution in [2.75, 3.05) is 23.3 Å². The average Bonchev–Trinajstić information content (AvgIpc) is 2.82. The lowest BCUT2D eigenvalue weighted by Crippen LogP contribution is -2.49. The molecule has 1 atom stereocenters. The Hall–Kier alpha value is -3.71. The van der Waals surface area contributed by atoms with Gasteiger partial charge in [0.1, 0.15) is 5.82 Å². The van der Waals surface area contributed by atoms with Crippen LogP contribution in [0.25, 0.3) is 0 Å². The lowest BCUT2D eigenvalue weighted by atomic mass is 10.1. The number of nitrogens with one attached hydrogen (secondary N) is 1. The molecule has 1 aliphatic heterocycles. The molecule has 6 nitrogen and oxygen atoms in total. The minimum Gasteiger partial charge on any atom is -0.389 e. The summed E-state index contributed by atoms with van der Waals surface area (Å²) in [6.45, 7) is 3.24. The van der Waals surface area contributed by atoms with Crippen molar-refractivity contribution in [3.8, 4) is 0 Å². The van der Waals surface area contributed by atoms with Crippen LogP contribution in [0.5, 0.6) is 0 Å². The molecule has 0 aromatic heterocycles. The van der Waals surface area contributed by atoms with Crippen LogP contribution in [0.4, 0.5) is 20.6 Å². The Morgan fingerprint density at radius 3 is 2.58 bits per heavy atom. The number of nitrogens with zero attached hydrogens (tertiary/aromatic N) is 2. The van der Waals surface area contributed by atoms with Gasteiger partial charge < -0.3 is 15.3 Å². The summed E-state index contributed by atoms with van der Waals surface area (Å²) in [5.41, 5.74) is 3.23. The Labute approximate surface area is 192 Å². The van der Waals surface area contributed by atoms with Gasteiger partial charge in [0.2, 0.25) is 0 Å². The third-order valence-electron chi connectivity index (χ3n) is 5.64. The number of urea groups is 1. The topological polar surface area (TPSA) is 72.9 Å². The lowest BCUT2D eigenvalue weighted by molar-refractivity contribution is 0.102. The molecular weight excluding hydrogens is 421 g/mol. The highest BCUT2D eigenvalue weighted by atomic mass is 19.1. The largest absolute Gasteiger partial charge is 0.389 e. The van der Waals surface area contributed by atoms with Crippen molar-refractivity contribution in [1.82, 2.24) is 4.90 Å². The fraction of sp³-hybridized carbons (Fsp3) is 0.231. The first-order chi connectivity index (χ1) is 15.9. The summed E-state index contributed by atoms with van der Waals surface area (Å²) in [5.74, 6) is -0.606.